The van der Waals surface area contributed by atoms with E-state index in [1.54, 1.807) is 0 Å². The maximum atomic E-state index is 10.8. The van der Waals surface area contributed by atoms with Gasteiger partial charge in [0.25, 0.3) is 0 Å². The van der Waals surface area contributed by atoms with Crippen molar-refractivity contribution in [3.05, 3.63) is 0 Å². The highest BCUT2D eigenvalue weighted by Gasteiger charge is 2.15. The van der Waals surface area contributed by atoms with Gasteiger partial charge in [0.2, 0.25) is 0 Å². The fraction of sp³-hybridized carbons (Fsp3) is 0.909. The molecule has 0 aliphatic rings. The molecule has 0 bridgehead atoms. The van der Waals surface area contributed by atoms with E-state index in [0.717, 1.165) is 19.3 Å². The van der Waals surface area contributed by atoms with Crippen molar-refractivity contribution < 1.29 is 19.7 Å². The van der Waals surface area contributed by atoms with Crippen LogP contribution in [-0.4, -0.2) is 35.5 Å². The lowest BCUT2D eigenvalue weighted by atomic mass is 10.0. The number of aliphatic hydroxyl groups excluding tert-OH is 2. The van der Waals surface area contributed by atoms with Gasteiger partial charge in [-0.2, -0.15) is 0 Å². The second-order valence-corrected chi connectivity index (χ2v) is 3.82. The predicted octanol–water partition coefficient (Wildman–Crippen LogP) is 1.24. The molecular formula is C11H22O4. The van der Waals surface area contributed by atoms with Crippen LogP contribution in [0.1, 0.15) is 45.4 Å². The van der Waals surface area contributed by atoms with Crippen molar-refractivity contribution in [3.8, 4) is 0 Å². The molecule has 0 amide bonds. The number of hydrogen-bond donors (Lipinski definition) is 2. The SMILES string of the molecule is CCCCC[C@@H](O)C[C@@H](O)CC(=O)OC. The number of carbonyl (C=O) groups is 1. The molecule has 2 N–H and O–H groups in total. The fourth-order valence-corrected chi connectivity index (χ4v) is 1.42. The summed E-state index contributed by atoms with van der Waals surface area (Å²) in [6.07, 6.45) is 2.74. The largest absolute Gasteiger partial charge is 0.469 e. The predicted molar refractivity (Wildman–Crippen MR) is 57.4 cm³/mol. The first-order valence-electron chi connectivity index (χ1n) is 5.53. The molecule has 0 rings (SSSR count). The topological polar surface area (TPSA) is 66.8 Å². The number of ether oxygens (including phenoxy) is 1. The lowest BCUT2D eigenvalue weighted by Crippen LogP contribution is -2.21. The second kappa shape index (κ2) is 8.68. The van der Waals surface area contributed by atoms with Crippen molar-refractivity contribution in [3.63, 3.8) is 0 Å². The maximum Gasteiger partial charge on any atom is 0.308 e. The molecular weight excluding hydrogens is 196 g/mol. The molecule has 0 saturated heterocycles. The lowest BCUT2D eigenvalue weighted by Gasteiger charge is -2.14. The zero-order chi connectivity index (χ0) is 11.7. The van der Waals surface area contributed by atoms with Crippen LogP contribution in [-0.2, 0) is 9.53 Å². The summed E-state index contributed by atoms with van der Waals surface area (Å²) in [4.78, 5) is 10.8. The number of methoxy groups -OCH3 is 1. The number of carbonyl (C=O) groups excluding carboxylic acids is 1. The van der Waals surface area contributed by atoms with Crippen LogP contribution in [0.2, 0.25) is 0 Å². The van der Waals surface area contributed by atoms with Gasteiger partial charge in [0, 0.05) is 0 Å². The number of esters is 1. The average Bonchev–Trinajstić information content (AvgIpc) is 2.17. The van der Waals surface area contributed by atoms with Crippen molar-refractivity contribution in [1.29, 1.82) is 0 Å². The molecule has 0 unspecified atom stereocenters. The molecule has 4 nitrogen and oxygen atoms in total. The van der Waals surface area contributed by atoms with Crippen LogP contribution >= 0.6 is 0 Å². The Bertz CT molecular complexity index is 170. The van der Waals surface area contributed by atoms with Crippen LogP contribution in [0.4, 0.5) is 0 Å². The van der Waals surface area contributed by atoms with Gasteiger partial charge in [-0.3, -0.25) is 4.79 Å². The quantitative estimate of drug-likeness (QED) is 0.475. The molecule has 15 heavy (non-hydrogen) atoms. The van der Waals surface area contributed by atoms with Gasteiger partial charge in [0.15, 0.2) is 0 Å². The first-order valence-corrected chi connectivity index (χ1v) is 5.53. The van der Waals surface area contributed by atoms with E-state index in [0.29, 0.717) is 6.42 Å². The minimum atomic E-state index is -0.797. The van der Waals surface area contributed by atoms with Crippen LogP contribution < -0.4 is 0 Å². The molecule has 0 aromatic carbocycles. The van der Waals surface area contributed by atoms with Crippen LogP contribution in [0.15, 0.2) is 0 Å². The van der Waals surface area contributed by atoms with E-state index >= 15 is 0 Å². The third kappa shape index (κ3) is 8.39. The Kier molecular flexibility index (Phi) is 8.33. The lowest BCUT2D eigenvalue weighted by molar-refractivity contribution is -0.143. The molecule has 0 aliphatic heterocycles. The number of rotatable bonds is 8. The summed E-state index contributed by atoms with van der Waals surface area (Å²) < 4.78 is 4.42. The van der Waals surface area contributed by atoms with Gasteiger partial charge in [0.1, 0.15) is 0 Å². The van der Waals surface area contributed by atoms with Gasteiger partial charge in [-0.1, -0.05) is 26.2 Å². The fourth-order valence-electron chi connectivity index (χ4n) is 1.42. The van der Waals surface area contributed by atoms with Gasteiger partial charge in [-0.05, 0) is 12.8 Å². The van der Waals surface area contributed by atoms with Gasteiger partial charge < -0.3 is 14.9 Å². The molecule has 0 aliphatic carbocycles. The third-order valence-electron chi connectivity index (χ3n) is 2.32. The Hall–Kier alpha value is -0.610. The normalized spacial score (nSPS) is 14.7. The first-order chi connectivity index (χ1) is 7.10. The van der Waals surface area contributed by atoms with Crippen molar-refractivity contribution in [1.82, 2.24) is 0 Å². The van der Waals surface area contributed by atoms with Crippen molar-refractivity contribution >= 4 is 5.97 Å². The average molecular weight is 218 g/mol. The van der Waals surface area contributed by atoms with Crippen LogP contribution in [0, 0.1) is 0 Å². The van der Waals surface area contributed by atoms with Crippen LogP contribution in [0.5, 0.6) is 0 Å². The summed E-state index contributed by atoms with van der Waals surface area (Å²) in [6, 6.07) is 0. The first kappa shape index (κ1) is 14.4. The highest BCUT2D eigenvalue weighted by molar-refractivity contribution is 5.69. The summed E-state index contributed by atoms with van der Waals surface area (Å²) in [5, 5.41) is 18.9. The van der Waals surface area contributed by atoms with E-state index in [1.807, 2.05) is 0 Å². The summed E-state index contributed by atoms with van der Waals surface area (Å²) >= 11 is 0. The Labute approximate surface area is 91.3 Å². The van der Waals surface area contributed by atoms with E-state index < -0.39 is 18.2 Å². The smallest absolute Gasteiger partial charge is 0.308 e. The zero-order valence-corrected chi connectivity index (χ0v) is 9.61. The Morgan fingerprint density at radius 1 is 1.27 bits per heavy atom. The van der Waals surface area contributed by atoms with Gasteiger partial charge in [-0.15, -0.1) is 0 Å². The molecule has 90 valence electrons. The molecule has 0 aromatic rings. The monoisotopic (exact) mass is 218 g/mol. The molecule has 0 spiro atoms. The Morgan fingerprint density at radius 2 is 1.93 bits per heavy atom. The molecule has 4 heteroatoms. The Balaban J connectivity index is 3.56. The summed E-state index contributed by atoms with van der Waals surface area (Å²) in [7, 11) is 1.28. The van der Waals surface area contributed by atoms with Gasteiger partial charge in [-0.25, -0.2) is 0 Å². The van der Waals surface area contributed by atoms with Gasteiger partial charge in [0.05, 0.1) is 25.7 Å². The number of unbranched alkanes of at least 4 members (excludes halogenated alkanes) is 2. The summed E-state index contributed by atoms with van der Waals surface area (Å²) in [5.74, 6) is -0.441. The minimum absolute atomic E-state index is 0.0403. The van der Waals surface area contributed by atoms with Crippen LogP contribution in [0.25, 0.3) is 0 Å². The summed E-state index contributed by atoms with van der Waals surface area (Å²) in [5.41, 5.74) is 0. The number of hydrogen-bond acceptors (Lipinski definition) is 4. The molecule has 0 saturated carbocycles. The Morgan fingerprint density at radius 3 is 2.47 bits per heavy atom. The van der Waals surface area contributed by atoms with Crippen molar-refractivity contribution in [2.75, 3.05) is 7.11 Å². The third-order valence-corrected chi connectivity index (χ3v) is 2.32. The van der Waals surface area contributed by atoms with Crippen molar-refractivity contribution in [2.24, 2.45) is 0 Å². The highest BCUT2D eigenvalue weighted by atomic mass is 16.5. The molecule has 0 radical (unpaired) electrons. The second-order valence-electron chi connectivity index (χ2n) is 3.82. The molecule has 0 heterocycles. The molecule has 0 fully saturated rings. The van der Waals surface area contributed by atoms with E-state index in [2.05, 4.69) is 11.7 Å². The maximum absolute atomic E-state index is 10.8. The molecule has 2 atom stereocenters. The standard InChI is InChI=1S/C11H22O4/c1-3-4-5-6-9(12)7-10(13)8-11(14)15-2/h9-10,12-13H,3-8H2,1-2H3/t9-,10-/m1/s1. The van der Waals surface area contributed by atoms with E-state index in [-0.39, 0.29) is 12.8 Å². The van der Waals surface area contributed by atoms with E-state index in [1.165, 1.54) is 7.11 Å². The van der Waals surface area contributed by atoms with Crippen molar-refractivity contribution in [2.45, 2.75) is 57.7 Å². The van der Waals surface area contributed by atoms with Gasteiger partial charge >= 0.3 is 5.97 Å². The minimum Gasteiger partial charge on any atom is -0.469 e. The zero-order valence-electron chi connectivity index (χ0n) is 9.61. The molecule has 0 aromatic heterocycles. The van der Waals surface area contributed by atoms with Crippen LogP contribution in [0.3, 0.4) is 0 Å². The van der Waals surface area contributed by atoms with E-state index in [9.17, 15) is 15.0 Å². The summed E-state index contributed by atoms with van der Waals surface area (Å²) in [6.45, 7) is 2.10. The number of aliphatic hydroxyl groups is 2. The highest BCUT2D eigenvalue weighted by Crippen LogP contribution is 2.10. The van der Waals surface area contributed by atoms with E-state index in [4.69, 9.17) is 0 Å².